The van der Waals surface area contributed by atoms with Crippen molar-refractivity contribution in [3.05, 3.63) is 58.8 Å². The van der Waals surface area contributed by atoms with Gasteiger partial charge in [0.05, 0.1) is 5.52 Å². The van der Waals surface area contributed by atoms with Crippen LogP contribution >= 0.6 is 0 Å². The largest absolute Gasteiger partial charge is 0.384 e. The van der Waals surface area contributed by atoms with E-state index < -0.39 is 0 Å². The molecule has 0 amide bonds. The summed E-state index contributed by atoms with van der Waals surface area (Å²) in [7, 11) is 0. The van der Waals surface area contributed by atoms with E-state index in [2.05, 4.69) is 74.7 Å². The first-order valence-electron chi connectivity index (χ1n) is 15.3. The molecule has 4 N–H and O–H groups in total. The summed E-state index contributed by atoms with van der Waals surface area (Å²) < 4.78 is 0. The van der Waals surface area contributed by atoms with Gasteiger partial charge in [0.1, 0.15) is 0 Å². The van der Waals surface area contributed by atoms with E-state index in [4.69, 9.17) is 10.7 Å². The molecule has 38 heavy (non-hydrogen) atoms. The Balaban J connectivity index is 1.05. The summed E-state index contributed by atoms with van der Waals surface area (Å²) >= 11 is 0. The summed E-state index contributed by atoms with van der Waals surface area (Å²) in [6, 6.07) is 9.11. The third-order valence-electron chi connectivity index (χ3n) is 9.75. The number of allylic oxidation sites excluding steroid dienone is 2. The van der Waals surface area contributed by atoms with Gasteiger partial charge in [-0.25, -0.2) is 0 Å². The van der Waals surface area contributed by atoms with Crippen LogP contribution in [0, 0.1) is 11.3 Å². The Hall–Kier alpha value is -2.17. The molecule has 4 heteroatoms. The lowest BCUT2D eigenvalue weighted by Crippen LogP contribution is -2.62. The number of nitrogens with one attached hydrogen (secondary N) is 2. The van der Waals surface area contributed by atoms with Gasteiger partial charge in [0, 0.05) is 40.8 Å². The number of anilines is 1. The van der Waals surface area contributed by atoms with E-state index in [9.17, 15) is 0 Å². The van der Waals surface area contributed by atoms with E-state index in [1.807, 2.05) is 0 Å². The lowest BCUT2D eigenvalue weighted by molar-refractivity contribution is 0.105. The highest BCUT2D eigenvalue weighted by Gasteiger charge is 2.52. The lowest BCUT2D eigenvalue weighted by atomic mass is 9.53. The minimum Gasteiger partial charge on any atom is -0.384 e. The van der Waals surface area contributed by atoms with Crippen molar-refractivity contribution in [2.75, 3.05) is 18.4 Å². The van der Waals surface area contributed by atoms with Gasteiger partial charge in [0.15, 0.2) is 0 Å². The van der Waals surface area contributed by atoms with Gasteiger partial charge in [0.25, 0.3) is 0 Å². The van der Waals surface area contributed by atoms with E-state index in [0.29, 0.717) is 12.0 Å². The highest BCUT2D eigenvalue weighted by molar-refractivity contribution is 5.93. The number of fused-ring (bicyclic) bond motifs is 4. The number of nitrogens with two attached hydrogens (primary N) is 1. The van der Waals surface area contributed by atoms with Gasteiger partial charge in [-0.15, -0.1) is 0 Å². The number of aromatic nitrogens is 1. The number of nitrogens with zero attached hydrogens (tertiary/aromatic N) is 1. The van der Waals surface area contributed by atoms with Gasteiger partial charge >= 0.3 is 0 Å². The molecule has 0 saturated heterocycles. The van der Waals surface area contributed by atoms with E-state index in [-0.39, 0.29) is 11.0 Å². The summed E-state index contributed by atoms with van der Waals surface area (Å²) in [5.41, 5.74) is 15.2. The minimum atomic E-state index is -0.169. The fourth-order valence-electron chi connectivity index (χ4n) is 7.64. The van der Waals surface area contributed by atoms with Crippen molar-refractivity contribution < 1.29 is 0 Å². The summed E-state index contributed by atoms with van der Waals surface area (Å²) in [4.78, 5) is 4.98. The van der Waals surface area contributed by atoms with Gasteiger partial charge in [-0.2, -0.15) is 0 Å². The molecule has 0 radical (unpaired) electrons. The zero-order chi connectivity index (χ0) is 26.8. The summed E-state index contributed by atoms with van der Waals surface area (Å²) in [5, 5.41) is 9.06. The maximum absolute atomic E-state index is 7.01. The predicted octanol–water partition coefficient (Wildman–Crippen LogP) is 7.47. The Morgan fingerprint density at radius 3 is 2.58 bits per heavy atom. The van der Waals surface area contributed by atoms with Crippen LogP contribution in [0.15, 0.2) is 47.6 Å². The normalized spacial score (nSPS) is 27.3. The number of rotatable bonds is 10. The van der Waals surface area contributed by atoms with E-state index >= 15 is 0 Å². The van der Waals surface area contributed by atoms with Crippen LogP contribution in [0.1, 0.15) is 96.7 Å². The van der Waals surface area contributed by atoms with Crippen molar-refractivity contribution in [3.8, 4) is 0 Å². The molecule has 4 nitrogen and oxygen atoms in total. The standard InChI is InChI=1S/C34H50N4/c1-5-27-28-21-24(2)22-34(27,35)23-31(33(28,3)4)36-19-13-7-6-8-14-20-37-32-25-15-9-11-17-29(25)38-30-18-12-10-16-26(30)32/h5,9,11,15,17,21,28,31,36H,6-8,10,12-14,16,18-20,22-23,35H2,1-4H3,(H,37,38)/t28?,31?,34-/m0/s1. The molecule has 2 bridgehead atoms. The molecule has 3 aliphatic carbocycles. The maximum atomic E-state index is 7.01. The molecule has 1 heterocycles. The predicted molar refractivity (Wildman–Crippen MR) is 163 cm³/mol. The average Bonchev–Trinajstić information content (AvgIpc) is 2.89. The quantitative estimate of drug-likeness (QED) is 0.227. The lowest BCUT2D eigenvalue weighted by Gasteiger charge is -2.56. The van der Waals surface area contributed by atoms with E-state index in [1.165, 1.54) is 78.4 Å². The van der Waals surface area contributed by atoms with Crippen molar-refractivity contribution in [1.82, 2.24) is 10.3 Å². The fourth-order valence-corrected chi connectivity index (χ4v) is 7.64. The third kappa shape index (κ3) is 5.45. The number of hydrogen-bond donors (Lipinski definition) is 3. The second-order valence-electron chi connectivity index (χ2n) is 12.9. The van der Waals surface area contributed by atoms with Gasteiger partial charge in [-0.3, -0.25) is 4.98 Å². The molecule has 1 fully saturated rings. The average molecular weight is 515 g/mol. The van der Waals surface area contributed by atoms with Crippen molar-refractivity contribution >= 4 is 16.6 Å². The second-order valence-corrected chi connectivity index (χ2v) is 12.9. The van der Waals surface area contributed by atoms with Crippen molar-refractivity contribution in [1.29, 1.82) is 0 Å². The molecule has 206 valence electrons. The molecule has 1 saturated carbocycles. The molecule has 1 aromatic carbocycles. The molecule has 5 rings (SSSR count). The first-order valence-corrected chi connectivity index (χ1v) is 15.3. The zero-order valence-electron chi connectivity index (χ0n) is 24.3. The van der Waals surface area contributed by atoms with Crippen LogP contribution in [-0.4, -0.2) is 29.7 Å². The smallest absolute Gasteiger partial charge is 0.0726 e. The van der Waals surface area contributed by atoms with Crippen LogP contribution in [0.25, 0.3) is 10.9 Å². The topological polar surface area (TPSA) is 63.0 Å². The van der Waals surface area contributed by atoms with E-state index in [1.54, 1.807) is 0 Å². The molecule has 3 atom stereocenters. The number of hydrogen-bond acceptors (Lipinski definition) is 4. The van der Waals surface area contributed by atoms with Crippen LogP contribution in [0.3, 0.4) is 0 Å². The van der Waals surface area contributed by atoms with Crippen LogP contribution in [0.4, 0.5) is 5.69 Å². The Bertz CT molecular complexity index is 1190. The Labute approximate surface area is 230 Å². The van der Waals surface area contributed by atoms with Gasteiger partial charge in [-0.1, -0.05) is 69.0 Å². The SMILES string of the molecule is CC=C1C2C=C(C)C[C@]1(N)CC(NCCCCCCCNc1c3c(nc4ccccc14)CCCC3)C2(C)C. The van der Waals surface area contributed by atoms with Gasteiger partial charge in [-0.05, 0) is 94.4 Å². The van der Waals surface area contributed by atoms with Crippen molar-refractivity contribution in [2.24, 2.45) is 17.1 Å². The minimum absolute atomic E-state index is 0.169. The first kappa shape index (κ1) is 27.4. The van der Waals surface area contributed by atoms with Crippen LogP contribution in [0.2, 0.25) is 0 Å². The number of benzene rings is 1. The Morgan fingerprint density at radius 1 is 1.03 bits per heavy atom. The highest BCUT2D eigenvalue weighted by Crippen LogP contribution is 2.53. The summed E-state index contributed by atoms with van der Waals surface area (Å²) in [6.07, 6.45) is 18.0. The Morgan fingerprint density at radius 2 is 1.76 bits per heavy atom. The van der Waals surface area contributed by atoms with Crippen molar-refractivity contribution in [3.63, 3.8) is 0 Å². The van der Waals surface area contributed by atoms with Crippen molar-refractivity contribution in [2.45, 2.75) is 110 Å². The van der Waals surface area contributed by atoms with Gasteiger partial charge < -0.3 is 16.4 Å². The molecule has 3 aliphatic rings. The molecule has 2 unspecified atom stereocenters. The van der Waals surface area contributed by atoms with Crippen LogP contribution < -0.4 is 16.4 Å². The zero-order valence-corrected chi connectivity index (χ0v) is 24.3. The Kier molecular flexibility index (Phi) is 8.30. The van der Waals surface area contributed by atoms with Gasteiger partial charge in [0.2, 0.25) is 0 Å². The number of unbranched alkanes of at least 4 members (excludes halogenated alkanes) is 4. The monoisotopic (exact) mass is 514 g/mol. The number of para-hydroxylation sites is 1. The summed E-state index contributed by atoms with van der Waals surface area (Å²) in [5.74, 6) is 0.452. The van der Waals surface area contributed by atoms with E-state index in [0.717, 1.165) is 44.3 Å². The second kappa shape index (κ2) is 11.5. The molecular weight excluding hydrogens is 464 g/mol. The number of pyridine rings is 1. The third-order valence-corrected chi connectivity index (χ3v) is 9.75. The maximum Gasteiger partial charge on any atom is 0.0726 e. The van der Waals surface area contributed by atoms with Crippen LogP contribution in [-0.2, 0) is 12.8 Å². The number of aryl methyl sites for hydroxylation is 1. The molecular formula is C34H50N4. The first-order chi connectivity index (χ1) is 18.3. The molecule has 0 aliphatic heterocycles. The fraction of sp³-hybridized carbons (Fsp3) is 0.618. The highest BCUT2D eigenvalue weighted by atomic mass is 15.0. The molecule has 1 aromatic heterocycles. The molecule has 2 aromatic rings. The molecule has 0 spiro atoms. The van der Waals surface area contributed by atoms with Crippen LogP contribution in [0.5, 0.6) is 0 Å². The summed E-state index contributed by atoms with van der Waals surface area (Å²) in [6.45, 7) is 11.4.